The van der Waals surface area contributed by atoms with E-state index in [2.05, 4.69) is 37.4 Å². The first-order chi connectivity index (χ1) is 16.9. The number of benzene rings is 3. The lowest BCUT2D eigenvalue weighted by atomic mass is 10.0. The van der Waals surface area contributed by atoms with Crippen molar-refractivity contribution in [1.82, 2.24) is 10.2 Å². The summed E-state index contributed by atoms with van der Waals surface area (Å²) < 4.78 is 13.5. The predicted molar refractivity (Wildman–Crippen MR) is 142 cm³/mol. The summed E-state index contributed by atoms with van der Waals surface area (Å²) in [5.41, 5.74) is 5.33. The zero-order valence-electron chi connectivity index (χ0n) is 20.6. The van der Waals surface area contributed by atoms with Gasteiger partial charge >= 0.3 is 0 Å². The van der Waals surface area contributed by atoms with Crippen molar-refractivity contribution < 1.29 is 14.0 Å². The molecule has 0 aliphatic rings. The van der Waals surface area contributed by atoms with Crippen molar-refractivity contribution in [1.29, 1.82) is 0 Å². The number of thioether (sulfide) groups is 1. The Hall–Kier alpha value is -3.12. The first-order valence-corrected chi connectivity index (χ1v) is 13.0. The van der Waals surface area contributed by atoms with E-state index in [1.807, 2.05) is 37.3 Å². The highest BCUT2D eigenvalue weighted by atomic mass is 32.2. The van der Waals surface area contributed by atoms with Crippen molar-refractivity contribution in [2.24, 2.45) is 0 Å². The van der Waals surface area contributed by atoms with Gasteiger partial charge in [0.15, 0.2) is 0 Å². The molecule has 0 saturated heterocycles. The number of likely N-dealkylation sites (N-methyl/N-ethyl adjacent to an activating group) is 1. The van der Waals surface area contributed by atoms with Gasteiger partial charge in [-0.1, -0.05) is 71.8 Å². The number of carbonyl (C=O) groups is 2. The molecule has 0 heterocycles. The van der Waals surface area contributed by atoms with E-state index in [4.69, 9.17) is 0 Å². The van der Waals surface area contributed by atoms with Crippen molar-refractivity contribution in [3.8, 4) is 0 Å². The highest BCUT2D eigenvalue weighted by Crippen LogP contribution is 2.20. The standard InChI is InChI=1S/C29H33FN2O2S/c1-4-31-29(34)27(17-23-8-6-5-7-9-23)32(18-24-10-12-26(30)13-11-24)28(33)20-35-19-25-15-21(2)14-22(3)16-25/h5-16,27H,4,17-20H2,1-3H3,(H,31,34)/t27-/m1/s1. The van der Waals surface area contributed by atoms with E-state index < -0.39 is 6.04 Å². The number of nitrogens with one attached hydrogen (secondary N) is 1. The fourth-order valence-electron chi connectivity index (χ4n) is 4.12. The molecule has 4 nitrogen and oxygen atoms in total. The number of halogens is 1. The molecule has 0 aliphatic carbocycles. The van der Waals surface area contributed by atoms with Gasteiger partial charge in [-0.3, -0.25) is 9.59 Å². The Balaban J connectivity index is 1.82. The normalized spacial score (nSPS) is 11.7. The van der Waals surface area contributed by atoms with Crippen LogP contribution in [0.15, 0.2) is 72.8 Å². The number of hydrogen-bond donors (Lipinski definition) is 1. The largest absolute Gasteiger partial charge is 0.355 e. The maximum atomic E-state index is 13.5. The molecular formula is C29H33FN2O2S. The Morgan fingerprint density at radius 3 is 2.20 bits per heavy atom. The molecule has 2 amide bonds. The number of nitrogens with zero attached hydrogens (tertiary/aromatic N) is 1. The van der Waals surface area contributed by atoms with Gasteiger partial charge < -0.3 is 10.2 Å². The van der Waals surface area contributed by atoms with Crippen LogP contribution in [0.3, 0.4) is 0 Å². The van der Waals surface area contributed by atoms with Gasteiger partial charge in [-0.15, -0.1) is 11.8 Å². The van der Waals surface area contributed by atoms with Gasteiger partial charge in [0.25, 0.3) is 0 Å². The molecular weight excluding hydrogens is 459 g/mol. The second kappa shape index (κ2) is 13.1. The summed E-state index contributed by atoms with van der Waals surface area (Å²) >= 11 is 1.54. The van der Waals surface area contributed by atoms with Crippen LogP contribution in [0.2, 0.25) is 0 Å². The average Bonchev–Trinajstić information content (AvgIpc) is 2.82. The van der Waals surface area contributed by atoms with Crippen LogP contribution in [0.5, 0.6) is 0 Å². The smallest absolute Gasteiger partial charge is 0.243 e. The Bertz CT molecular complexity index is 1100. The summed E-state index contributed by atoms with van der Waals surface area (Å²) in [7, 11) is 0. The first-order valence-electron chi connectivity index (χ1n) is 11.9. The van der Waals surface area contributed by atoms with E-state index in [9.17, 15) is 14.0 Å². The van der Waals surface area contributed by atoms with Crippen molar-refractivity contribution >= 4 is 23.6 Å². The zero-order valence-corrected chi connectivity index (χ0v) is 21.4. The summed E-state index contributed by atoms with van der Waals surface area (Å²) in [6.45, 7) is 6.71. The second-order valence-electron chi connectivity index (χ2n) is 8.74. The highest BCUT2D eigenvalue weighted by molar-refractivity contribution is 7.99. The molecule has 6 heteroatoms. The lowest BCUT2D eigenvalue weighted by Gasteiger charge is -2.31. The summed E-state index contributed by atoms with van der Waals surface area (Å²) in [4.78, 5) is 28.3. The maximum absolute atomic E-state index is 13.5. The van der Waals surface area contributed by atoms with Crippen LogP contribution in [0.25, 0.3) is 0 Å². The lowest BCUT2D eigenvalue weighted by Crippen LogP contribution is -2.51. The van der Waals surface area contributed by atoms with Crippen molar-refractivity contribution in [2.45, 2.75) is 45.5 Å². The molecule has 3 rings (SSSR count). The second-order valence-corrected chi connectivity index (χ2v) is 9.72. The monoisotopic (exact) mass is 492 g/mol. The molecule has 1 atom stereocenters. The number of carbonyl (C=O) groups excluding carboxylic acids is 2. The molecule has 0 saturated carbocycles. The van der Waals surface area contributed by atoms with Crippen LogP contribution in [-0.2, 0) is 28.3 Å². The molecule has 0 spiro atoms. The minimum atomic E-state index is -0.670. The number of amides is 2. The predicted octanol–water partition coefficient (Wildman–Crippen LogP) is 5.45. The Morgan fingerprint density at radius 1 is 0.914 bits per heavy atom. The van der Waals surface area contributed by atoms with Crippen LogP contribution in [0.4, 0.5) is 4.39 Å². The first kappa shape index (κ1) is 26.5. The SMILES string of the molecule is CCNC(=O)[C@@H](Cc1ccccc1)N(Cc1ccc(F)cc1)C(=O)CSCc1cc(C)cc(C)c1. The third-order valence-corrected chi connectivity index (χ3v) is 6.65. The Labute approximate surface area is 211 Å². The maximum Gasteiger partial charge on any atom is 0.243 e. The van der Waals surface area contributed by atoms with Crippen LogP contribution in [0, 0.1) is 19.7 Å². The van der Waals surface area contributed by atoms with Gasteiger partial charge in [-0.2, -0.15) is 0 Å². The van der Waals surface area contributed by atoms with Crippen LogP contribution in [0.1, 0.15) is 34.7 Å². The Kier molecular flexibility index (Phi) is 9.91. The van der Waals surface area contributed by atoms with Crippen molar-refractivity contribution in [2.75, 3.05) is 12.3 Å². The van der Waals surface area contributed by atoms with Crippen LogP contribution < -0.4 is 5.32 Å². The van der Waals surface area contributed by atoms with Gasteiger partial charge in [-0.05, 0) is 49.6 Å². The van der Waals surface area contributed by atoms with Crippen LogP contribution >= 0.6 is 11.8 Å². The summed E-state index contributed by atoms with van der Waals surface area (Å²) in [5.74, 6) is 0.324. The third kappa shape index (κ3) is 8.25. The van der Waals surface area contributed by atoms with Crippen molar-refractivity contribution in [3.63, 3.8) is 0 Å². The number of rotatable bonds is 11. The lowest BCUT2D eigenvalue weighted by molar-refractivity contribution is -0.139. The van der Waals surface area contributed by atoms with Gasteiger partial charge in [0.05, 0.1) is 5.75 Å². The fourth-order valence-corrected chi connectivity index (χ4v) is 4.97. The molecule has 35 heavy (non-hydrogen) atoms. The average molecular weight is 493 g/mol. The number of hydrogen-bond acceptors (Lipinski definition) is 3. The molecule has 0 bridgehead atoms. The fraction of sp³-hybridized carbons (Fsp3) is 0.310. The van der Waals surface area contributed by atoms with Gasteiger partial charge in [-0.25, -0.2) is 4.39 Å². The van der Waals surface area contributed by atoms with E-state index >= 15 is 0 Å². The van der Waals surface area contributed by atoms with E-state index in [0.717, 1.165) is 11.1 Å². The third-order valence-electron chi connectivity index (χ3n) is 5.66. The summed E-state index contributed by atoms with van der Waals surface area (Å²) in [6, 6.07) is 21.5. The highest BCUT2D eigenvalue weighted by Gasteiger charge is 2.30. The molecule has 184 valence electrons. The molecule has 0 fully saturated rings. The molecule has 3 aromatic carbocycles. The van der Waals surface area contributed by atoms with Gasteiger partial charge in [0.1, 0.15) is 11.9 Å². The van der Waals surface area contributed by atoms with Gasteiger partial charge in [0, 0.05) is 25.3 Å². The van der Waals surface area contributed by atoms with Gasteiger partial charge in [0.2, 0.25) is 11.8 Å². The molecule has 0 aromatic heterocycles. The topological polar surface area (TPSA) is 49.4 Å². The number of aryl methyl sites for hydroxylation is 2. The molecule has 1 N–H and O–H groups in total. The quantitative estimate of drug-likeness (QED) is 0.387. The Morgan fingerprint density at radius 2 is 1.57 bits per heavy atom. The van der Waals surface area contributed by atoms with E-state index in [-0.39, 0.29) is 29.9 Å². The zero-order chi connectivity index (χ0) is 25.2. The molecule has 0 aliphatic heterocycles. The van der Waals surface area contributed by atoms with Crippen molar-refractivity contribution in [3.05, 3.63) is 106 Å². The summed E-state index contributed by atoms with van der Waals surface area (Å²) in [5, 5.41) is 2.89. The molecule has 0 radical (unpaired) electrons. The minimum absolute atomic E-state index is 0.115. The van der Waals surface area contributed by atoms with Crippen LogP contribution in [-0.4, -0.2) is 35.1 Å². The molecule has 0 unspecified atom stereocenters. The molecule has 3 aromatic rings. The van der Waals surface area contributed by atoms with E-state index in [1.54, 1.807) is 17.0 Å². The minimum Gasteiger partial charge on any atom is -0.355 e. The van der Waals surface area contributed by atoms with E-state index in [0.29, 0.717) is 18.7 Å². The van der Waals surface area contributed by atoms with E-state index in [1.165, 1.54) is 40.6 Å². The summed E-state index contributed by atoms with van der Waals surface area (Å²) in [6.07, 6.45) is 0.404.